The van der Waals surface area contributed by atoms with Crippen molar-refractivity contribution in [3.8, 4) is 0 Å². The molecule has 0 atom stereocenters. The van der Waals surface area contributed by atoms with E-state index in [4.69, 9.17) is 5.11 Å². The molecule has 0 unspecified atom stereocenters. The second-order valence-corrected chi connectivity index (χ2v) is 3.66. The molecule has 0 aliphatic rings. The first kappa shape index (κ1) is 12.7. The summed E-state index contributed by atoms with van der Waals surface area (Å²) in [6.07, 6.45) is 0. The van der Waals surface area contributed by atoms with Crippen molar-refractivity contribution in [1.29, 1.82) is 0 Å². The monoisotopic (exact) mass is 199 g/mol. The van der Waals surface area contributed by atoms with Crippen LogP contribution in [0.3, 0.4) is 0 Å². The maximum Gasteiger partial charge on any atom is 0.331 e. The van der Waals surface area contributed by atoms with Gasteiger partial charge < -0.3 is 10.4 Å². The van der Waals surface area contributed by atoms with E-state index in [1.54, 1.807) is 0 Å². The zero-order valence-corrected chi connectivity index (χ0v) is 9.05. The van der Waals surface area contributed by atoms with E-state index in [0.717, 1.165) is 0 Å². The molecule has 1 amide bonds. The summed E-state index contributed by atoms with van der Waals surface area (Å²) in [6.45, 7) is 7.45. The van der Waals surface area contributed by atoms with Gasteiger partial charge in [0.1, 0.15) is 0 Å². The van der Waals surface area contributed by atoms with Crippen LogP contribution in [0.1, 0.15) is 27.7 Å². The zero-order valence-electron chi connectivity index (χ0n) is 9.05. The number of carboxylic acid groups (broad SMARTS) is 1. The second kappa shape index (κ2) is 5.42. The van der Waals surface area contributed by atoms with Crippen LogP contribution in [0, 0.1) is 5.92 Å². The van der Waals surface area contributed by atoms with Gasteiger partial charge in [-0.15, -0.1) is 0 Å². The van der Waals surface area contributed by atoms with E-state index in [9.17, 15) is 9.59 Å². The van der Waals surface area contributed by atoms with Crippen LogP contribution < -0.4 is 5.32 Å². The molecule has 0 aromatic heterocycles. The molecule has 0 saturated carbocycles. The molecule has 0 spiro atoms. The van der Waals surface area contributed by atoms with Crippen molar-refractivity contribution >= 4 is 11.9 Å². The highest BCUT2D eigenvalue weighted by atomic mass is 16.4. The maximum atomic E-state index is 11.4. The maximum absolute atomic E-state index is 11.4. The van der Waals surface area contributed by atoms with E-state index >= 15 is 0 Å². The van der Waals surface area contributed by atoms with Gasteiger partial charge in [-0.1, -0.05) is 13.8 Å². The number of hydrogen-bond acceptors (Lipinski definition) is 2. The fourth-order valence-corrected chi connectivity index (χ4v) is 0.760. The molecule has 0 heterocycles. The summed E-state index contributed by atoms with van der Waals surface area (Å²) >= 11 is 0. The number of carboxylic acids is 1. The lowest BCUT2D eigenvalue weighted by atomic mass is 10.1. The Morgan fingerprint density at radius 1 is 1.21 bits per heavy atom. The third-order valence-electron chi connectivity index (χ3n) is 1.89. The molecule has 0 aliphatic carbocycles. The van der Waals surface area contributed by atoms with E-state index in [-0.39, 0.29) is 17.1 Å². The lowest BCUT2D eigenvalue weighted by molar-refractivity contribution is -0.133. The first-order valence-electron chi connectivity index (χ1n) is 4.55. The van der Waals surface area contributed by atoms with Crippen molar-refractivity contribution in [3.05, 3.63) is 11.1 Å². The summed E-state index contributed by atoms with van der Waals surface area (Å²) in [4.78, 5) is 21.9. The Balaban J connectivity index is 4.39. The number of aliphatic carboxylic acids is 1. The molecule has 0 fully saturated rings. The number of carbonyl (C=O) groups is 2. The summed E-state index contributed by atoms with van der Waals surface area (Å²) in [5, 5.41) is 11.3. The third kappa shape index (κ3) is 4.07. The fraction of sp³-hybridized carbons (Fsp3) is 0.600. The van der Waals surface area contributed by atoms with Crippen molar-refractivity contribution < 1.29 is 14.7 Å². The van der Waals surface area contributed by atoms with Crippen molar-refractivity contribution in [2.75, 3.05) is 6.54 Å². The standard InChI is InChI=1S/C10H17NO3/c1-6(2)5-11-9(12)7(3)8(4)10(13)14/h6H,5H2,1-4H3,(H,11,12)(H,13,14)/b8-7-. The highest BCUT2D eigenvalue weighted by molar-refractivity contribution is 6.01. The van der Waals surface area contributed by atoms with Crippen molar-refractivity contribution in [2.45, 2.75) is 27.7 Å². The largest absolute Gasteiger partial charge is 0.478 e. The Kier molecular flexibility index (Phi) is 4.91. The predicted octanol–water partition coefficient (Wildman–Crippen LogP) is 1.18. The smallest absolute Gasteiger partial charge is 0.331 e. The van der Waals surface area contributed by atoms with Crippen LogP contribution >= 0.6 is 0 Å². The summed E-state index contributed by atoms with van der Waals surface area (Å²) in [7, 11) is 0. The minimum atomic E-state index is -1.05. The lowest BCUT2D eigenvalue weighted by Gasteiger charge is -2.08. The topological polar surface area (TPSA) is 66.4 Å². The van der Waals surface area contributed by atoms with Gasteiger partial charge in [0.25, 0.3) is 0 Å². The normalized spacial score (nSPS) is 12.4. The van der Waals surface area contributed by atoms with Crippen LogP contribution in [0.4, 0.5) is 0 Å². The van der Waals surface area contributed by atoms with Gasteiger partial charge in [0.05, 0.1) is 0 Å². The van der Waals surface area contributed by atoms with E-state index in [0.29, 0.717) is 12.5 Å². The van der Waals surface area contributed by atoms with Gasteiger partial charge in [-0.05, 0) is 19.8 Å². The molecular formula is C10H17NO3. The molecule has 2 N–H and O–H groups in total. The quantitative estimate of drug-likeness (QED) is 0.668. The van der Waals surface area contributed by atoms with Gasteiger partial charge in [-0.2, -0.15) is 0 Å². The molecule has 14 heavy (non-hydrogen) atoms. The van der Waals surface area contributed by atoms with Gasteiger partial charge in [0, 0.05) is 17.7 Å². The van der Waals surface area contributed by atoms with E-state index < -0.39 is 5.97 Å². The second-order valence-electron chi connectivity index (χ2n) is 3.66. The van der Waals surface area contributed by atoms with Gasteiger partial charge >= 0.3 is 5.97 Å². The van der Waals surface area contributed by atoms with Gasteiger partial charge in [0.2, 0.25) is 5.91 Å². The van der Waals surface area contributed by atoms with Crippen LogP contribution in [0.15, 0.2) is 11.1 Å². The summed E-state index contributed by atoms with van der Waals surface area (Å²) in [6, 6.07) is 0. The average Bonchev–Trinajstić information content (AvgIpc) is 2.11. The first-order valence-corrected chi connectivity index (χ1v) is 4.55. The summed E-state index contributed by atoms with van der Waals surface area (Å²) in [5.41, 5.74) is 0.351. The lowest BCUT2D eigenvalue weighted by Crippen LogP contribution is -2.29. The molecule has 4 nitrogen and oxygen atoms in total. The van der Waals surface area contributed by atoms with Crippen molar-refractivity contribution in [1.82, 2.24) is 5.32 Å². The van der Waals surface area contributed by atoms with E-state index in [2.05, 4.69) is 5.32 Å². The van der Waals surface area contributed by atoms with Crippen LogP contribution in [0.5, 0.6) is 0 Å². The van der Waals surface area contributed by atoms with E-state index in [1.165, 1.54) is 13.8 Å². The molecule has 80 valence electrons. The van der Waals surface area contributed by atoms with Crippen LogP contribution in [0.25, 0.3) is 0 Å². The van der Waals surface area contributed by atoms with Gasteiger partial charge in [0.15, 0.2) is 0 Å². The van der Waals surface area contributed by atoms with Crippen molar-refractivity contribution in [3.63, 3.8) is 0 Å². The average molecular weight is 199 g/mol. The Hall–Kier alpha value is -1.32. The van der Waals surface area contributed by atoms with Crippen LogP contribution in [-0.4, -0.2) is 23.5 Å². The summed E-state index contributed by atoms with van der Waals surface area (Å²) in [5.74, 6) is -1.00. The highest BCUT2D eigenvalue weighted by Crippen LogP contribution is 2.03. The van der Waals surface area contributed by atoms with Crippen molar-refractivity contribution in [2.24, 2.45) is 5.92 Å². The van der Waals surface area contributed by atoms with Crippen LogP contribution in [0.2, 0.25) is 0 Å². The zero-order chi connectivity index (χ0) is 11.3. The number of carbonyl (C=O) groups excluding carboxylic acids is 1. The van der Waals surface area contributed by atoms with Gasteiger partial charge in [-0.25, -0.2) is 4.79 Å². The fourth-order valence-electron chi connectivity index (χ4n) is 0.760. The minimum absolute atomic E-state index is 0.0891. The highest BCUT2D eigenvalue weighted by Gasteiger charge is 2.12. The third-order valence-corrected chi connectivity index (χ3v) is 1.89. The Labute approximate surface area is 84.0 Å². The molecular weight excluding hydrogens is 182 g/mol. The molecule has 0 aromatic carbocycles. The Morgan fingerprint density at radius 2 is 1.71 bits per heavy atom. The molecule has 0 rings (SSSR count). The van der Waals surface area contributed by atoms with E-state index in [1.807, 2.05) is 13.8 Å². The Morgan fingerprint density at radius 3 is 2.07 bits per heavy atom. The number of hydrogen-bond donors (Lipinski definition) is 2. The number of nitrogens with one attached hydrogen (secondary N) is 1. The molecule has 0 aromatic rings. The molecule has 0 bridgehead atoms. The predicted molar refractivity (Wildman–Crippen MR) is 53.9 cm³/mol. The first-order chi connectivity index (χ1) is 6.36. The molecule has 0 saturated heterocycles. The SMILES string of the molecule is C/C(C(=O)O)=C(\C)C(=O)NCC(C)C. The molecule has 0 aliphatic heterocycles. The number of amides is 1. The van der Waals surface area contributed by atoms with Crippen LogP contribution in [-0.2, 0) is 9.59 Å². The molecule has 4 heteroatoms. The summed E-state index contributed by atoms with van der Waals surface area (Å²) < 4.78 is 0. The van der Waals surface area contributed by atoms with Gasteiger partial charge in [-0.3, -0.25) is 4.79 Å². The molecule has 0 radical (unpaired) electrons. The Bertz CT molecular complexity index is 267. The minimum Gasteiger partial charge on any atom is -0.478 e. The number of rotatable bonds is 4.